The quantitative estimate of drug-likeness (QED) is 0.809. The fourth-order valence-corrected chi connectivity index (χ4v) is 4.65. The van der Waals surface area contributed by atoms with Crippen molar-refractivity contribution in [3.05, 3.63) is 34.5 Å². The summed E-state index contributed by atoms with van der Waals surface area (Å²) in [7, 11) is 0. The lowest BCUT2D eigenvalue weighted by Crippen LogP contribution is -2.43. The highest BCUT2D eigenvalue weighted by molar-refractivity contribution is 6.35. The molecule has 0 bridgehead atoms. The number of fused-ring (bicyclic) bond motifs is 3. The van der Waals surface area contributed by atoms with Crippen molar-refractivity contribution in [2.75, 3.05) is 6.54 Å². The molecule has 1 atom stereocenters. The van der Waals surface area contributed by atoms with Crippen molar-refractivity contribution < 1.29 is 5.11 Å². The zero-order valence-corrected chi connectivity index (χ0v) is 16.7. The van der Waals surface area contributed by atoms with Crippen molar-refractivity contribution in [1.29, 1.82) is 0 Å². The standard InChI is InChI=1S/C21H31ClN2O/c1-14(2)23(15(3)4)12-16(25)13-24-20-11-6-5-8-17(20)18-9-7-10-19(22)21(18)24/h7,9-10,14-16,25H,5-6,8,11-13H2,1-4H3/t16-/m0/s1. The molecule has 0 aliphatic heterocycles. The zero-order chi connectivity index (χ0) is 18.1. The highest BCUT2D eigenvalue weighted by atomic mass is 35.5. The minimum absolute atomic E-state index is 0.400. The maximum absolute atomic E-state index is 10.8. The lowest BCUT2D eigenvalue weighted by Gasteiger charge is -2.32. The molecule has 0 radical (unpaired) electrons. The van der Waals surface area contributed by atoms with Crippen molar-refractivity contribution >= 4 is 22.5 Å². The lowest BCUT2D eigenvalue weighted by atomic mass is 9.95. The molecule has 3 nitrogen and oxygen atoms in total. The van der Waals surface area contributed by atoms with Gasteiger partial charge in [-0.1, -0.05) is 23.7 Å². The fourth-order valence-electron chi connectivity index (χ4n) is 4.38. The van der Waals surface area contributed by atoms with Crippen molar-refractivity contribution in [1.82, 2.24) is 9.47 Å². The van der Waals surface area contributed by atoms with Crippen LogP contribution in [0.5, 0.6) is 0 Å². The molecule has 0 unspecified atom stereocenters. The molecule has 0 amide bonds. The lowest BCUT2D eigenvalue weighted by molar-refractivity contribution is 0.0657. The number of rotatable bonds is 6. The summed E-state index contributed by atoms with van der Waals surface area (Å²) in [6.45, 7) is 10.1. The Morgan fingerprint density at radius 2 is 1.80 bits per heavy atom. The van der Waals surface area contributed by atoms with Crippen LogP contribution in [0.3, 0.4) is 0 Å². The molecule has 0 fully saturated rings. The SMILES string of the molecule is CC(C)N(C[C@H](O)Cn1c2c(c3cccc(Cl)c31)CCCC2)C(C)C. The molecule has 1 aliphatic carbocycles. The molecule has 1 aromatic heterocycles. The summed E-state index contributed by atoms with van der Waals surface area (Å²) in [5.74, 6) is 0. The van der Waals surface area contributed by atoms with Crippen LogP contribution < -0.4 is 0 Å². The van der Waals surface area contributed by atoms with Crippen LogP contribution in [0.4, 0.5) is 0 Å². The third-order valence-corrected chi connectivity index (χ3v) is 5.79. The van der Waals surface area contributed by atoms with E-state index in [0.717, 1.165) is 23.4 Å². The second kappa shape index (κ2) is 7.69. The zero-order valence-electron chi connectivity index (χ0n) is 15.9. The molecule has 25 heavy (non-hydrogen) atoms. The van der Waals surface area contributed by atoms with E-state index in [0.29, 0.717) is 25.2 Å². The monoisotopic (exact) mass is 362 g/mol. The molecular formula is C21H31ClN2O. The van der Waals surface area contributed by atoms with Crippen LogP contribution in [-0.4, -0.2) is 39.3 Å². The highest BCUT2D eigenvalue weighted by Gasteiger charge is 2.24. The number of hydrogen-bond donors (Lipinski definition) is 1. The van der Waals surface area contributed by atoms with Gasteiger partial charge in [0.25, 0.3) is 0 Å². The Hall–Kier alpha value is -1.03. The second-order valence-corrected chi connectivity index (χ2v) is 8.32. The van der Waals surface area contributed by atoms with Crippen molar-refractivity contribution in [3.8, 4) is 0 Å². The predicted molar refractivity (Wildman–Crippen MR) is 107 cm³/mol. The van der Waals surface area contributed by atoms with Gasteiger partial charge in [-0.15, -0.1) is 0 Å². The summed E-state index contributed by atoms with van der Waals surface area (Å²) in [6.07, 6.45) is 4.28. The summed E-state index contributed by atoms with van der Waals surface area (Å²) in [6, 6.07) is 7.04. The van der Waals surface area contributed by atoms with Gasteiger partial charge in [0.15, 0.2) is 0 Å². The minimum Gasteiger partial charge on any atom is -0.390 e. The van der Waals surface area contributed by atoms with Gasteiger partial charge in [-0.25, -0.2) is 0 Å². The van der Waals surface area contributed by atoms with Crippen LogP contribution in [0, 0.1) is 0 Å². The average Bonchev–Trinajstić information content (AvgIpc) is 2.88. The Morgan fingerprint density at radius 1 is 1.12 bits per heavy atom. The molecule has 138 valence electrons. The van der Waals surface area contributed by atoms with Crippen LogP contribution >= 0.6 is 11.6 Å². The second-order valence-electron chi connectivity index (χ2n) is 7.92. The number of aliphatic hydroxyl groups excluding tert-OH is 1. The normalized spacial score (nSPS) is 16.2. The number of halogens is 1. The maximum Gasteiger partial charge on any atom is 0.0846 e. The topological polar surface area (TPSA) is 28.4 Å². The fraction of sp³-hybridized carbons (Fsp3) is 0.619. The van der Waals surface area contributed by atoms with Gasteiger partial charge in [-0.05, 0) is 65.0 Å². The van der Waals surface area contributed by atoms with Crippen LogP contribution in [0.15, 0.2) is 18.2 Å². The van der Waals surface area contributed by atoms with E-state index in [-0.39, 0.29) is 0 Å². The largest absolute Gasteiger partial charge is 0.390 e. The average molecular weight is 363 g/mol. The van der Waals surface area contributed by atoms with E-state index < -0.39 is 6.10 Å². The number of nitrogens with zero attached hydrogens (tertiary/aromatic N) is 2. The van der Waals surface area contributed by atoms with Crippen molar-refractivity contribution in [2.45, 2.75) is 78.1 Å². The van der Waals surface area contributed by atoms with E-state index in [1.807, 2.05) is 12.1 Å². The Balaban J connectivity index is 1.93. The molecule has 1 N–H and O–H groups in total. The third-order valence-electron chi connectivity index (χ3n) is 5.49. The van der Waals surface area contributed by atoms with Gasteiger partial charge < -0.3 is 9.67 Å². The van der Waals surface area contributed by atoms with E-state index in [9.17, 15) is 5.11 Å². The van der Waals surface area contributed by atoms with E-state index in [1.54, 1.807) is 0 Å². The number of hydrogen-bond acceptors (Lipinski definition) is 2. The van der Waals surface area contributed by atoms with Crippen LogP contribution in [-0.2, 0) is 19.4 Å². The Bertz CT molecular complexity index is 727. The molecule has 3 rings (SSSR count). The van der Waals surface area contributed by atoms with Gasteiger partial charge in [0.05, 0.1) is 23.2 Å². The Labute approximate surface area is 156 Å². The first-order valence-corrected chi connectivity index (χ1v) is 10.00. The summed E-state index contributed by atoms with van der Waals surface area (Å²) in [4.78, 5) is 2.35. The number of para-hydroxylation sites is 1. The first-order valence-electron chi connectivity index (χ1n) is 9.62. The molecule has 0 saturated carbocycles. The Morgan fingerprint density at radius 3 is 2.48 bits per heavy atom. The van der Waals surface area contributed by atoms with Gasteiger partial charge in [0.1, 0.15) is 0 Å². The summed E-state index contributed by atoms with van der Waals surface area (Å²) in [5, 5.41) is 12.9. The molecular weight excluding hydrogens is 332 g/mol. The van der Waals surface area contributed by atoms with Crippen molar-refractivity contribution in [2.24, 2.45) is 0 Å². The molecule has 2 aromatic rings. The summed E-state index contributed by atoms with van der Waals surface area (Å²) < 4.78 is 2.30. The molecule has 0 spiro atoms. The number of aliphatic hydroxyl groups is 1. The first-order chi connectivity index (χ1) is 11.9. The first kappa shape index (κ1) is 18.8. The van der Waals surface area contributed by atoms with E-state index in [4.69, 9.17) is 11.6 Å². The maximum atomic E-state index is 10.8. The van der Waals surface area contributed by atoms with Crippen LogP contribution in [0.1, 0.15) is 51.8 Å². The van der Waals surface area contributed by atoms with Gasteiger partial charge in [-0.3, -0.25) is 4.90 Å². The third kappa shape index (κ3) is 3.74. The molecule has 1 heterocycles. The molecule has 0 saturated heterocycles. The Kier molecular flexibility index (Phi) is 5.77. The smallest absolute Gasteiger partial charge is 0.0846 e. The van der Waals surface area contributed by atoms with E-state index in [1.165, 1.54) is 29.5 Å². The van der Waals surface area contributed by atoms with Crippen LogP contribution in [0.25, 0.3) is 10.9 Å². The molecule has 1 aromatic carbocycles. The molecule has 4 heteroatoms. The van der Waals surface area contributed by atoms with Crippen LogP contribution in [0.2, 0.25) is 5.02 Å². The van der Waals surface area contributed by atoms with Gasteiger partial charge >= 0.3 is 0 Å². The minimum atomic E-state index is -0.400. The number of benzene rings is 1. The van der Waals surface area contributed by atoms with Gasteiger partial charge in [-0.2, -0.15) is 0 Å². The number of aromatic nitrogens is 1. The number of aryl methyl sites for hydroxylation is 1. The van der Waals surface area contributed by atoms with E-state index in [2.05, 4.69) is 43.2 Å². The summed E-state index contributed by atoms with van der Waals surface area (Å²) in [5.41, 5.74) is 3.94. The van der Waals surface area contributed by atoms with Gasteiger partial charge in [0.2, 0.25) is 0 Å². The highest BCUT2D eigenvalue weighted by Crippen LogP contribution is 2.35. The molecule has 1 aliphatic rings. The van der Waals surface area contributed by atoms with Gasteiger partial charge in [0, 0.05) is 29.7 Å². The van der Waals surface area contributed by atoms with Crippen molar-refractivity contribution in [3.63, 3.8) is 0 Å². The predicted octanol–water partition coefficient (Wildman–Crippen LogP) is 4.65. The summed E-state index contributed by atoms with van der Waals surface area (Å²) >= 11 is 6.56. The van der Waals surface area contributed by atoms with E-state index >= 15 is 0 Å².